The Morgan fingerprint density at radius 3 is 2.95 bits per heavy atom. The van der Waals surface area contributed by atoms with Crippen molar-refractivity contribution < 1.29 is 14.2 Å². The summed E-state index contributed by atoms with van der Waals surface area (Å²) in [6.07, 6.45) is 2.44. The molecule has 0 aliphatic carbocycles. The van der Waals surface area contributed by atoms with Crippen LogP contribution in [0.25, 0.3) is 0 Å². The summed E-state index contributed by atoms with van der Waals surface area (Å²) < 4.78 is 19.1. The average Bonchev–Trinajstić information content (AvgIpc) is 2.45. The Morgan fingerprint density at radius 1 is 1.37 bits per heavy atom. The van der Waals surface area contributed by atoms with Crippen molar-refractivity contribution in [2.75, 3.05) is 6.61 Å². The lowest BCUT2D eigenvalue weighted by molar-refractivity contribution is 0.214. The number of nitrogens with zero attached hydrogens (tertiary/aromatic N) is 1. The third-order valence-electron chi connectivity index (χ3n) is 2.75. The molecule has 0 aliphatic heterocycles. The normalized spacial score (nSPS) is 12.2. The average molecular weight is 261 g/mol. The van der Waals surface area contributed by atoms with Crippen LogP contribution in [-0.4, -0.2) is 16.7 Å². The monoisotopic (exact) mass is 261 g/mol. The van der Waals surface area contributed by atoms with Gasteiger partial charge in [-0.25, -0.2) is 4.39 Å². The maximum absolute atomic E-state index is 13.6. The highest BCUT2D eigenvalue weighted by molar-refractivity contribution is 5.35. The maximum Gasteiger partial charge on any atom is 0.147 e. The second-order valence-corrected chi connectivity index (χ2v) is 4.22. The highest BCUT2D eigenvalue weighted by atomic mass is 19.1. The second-order valence-electron chi connectivity index (χ2n) is 4.22. The molecule has 0 amide bonds. The van der Waals surface area contributed by atoms with Gasteiger partial charge in [0.05, 0.1) is 12.8 Å². The van der Waals surface area contributed by atoms with Crippen LogP contribution in [0, 0.1) is 5.82 Å². The molecule has 0 saturated heterocycles. The van der Waals surface area contributed by atoms with Crippen LogP contribution in [0.4, 0.5) is 4.39 Å². The van der Waals surface area contributed by atoms with Crippen molar-refractivity contribution in [2.45, 2.75) is 19.4 Å². The smallest absolute Gasteiger partial charge is 0.147 e. The number of ether oxygens (including phenoxy) is 1. The van der Waals surface area contributed by atoms with Crippen LogP contribution in [0.5, 0.6) is 5.75 Å². The van der Waals surface area contributed by atoms with Gasteiger partial charge in [-0.2, -0.15) is 0 Å². The van der Waals surface area contributed by atoms with Crippen LogP contribution in [0.15, 0.2) is 42.7 Å². The van der Waals surface area contributed by atoms with Crippen molar-refractivity contribution in [2.24, 2.45) is 0 Å². The summed E-state index contributed by atoms with van der Waals surface area (Å²) in [6.45, 7) is 2.63. The van der Waals surface area contributed by atoms with Crippen LogP contribution >= 0.6 is 0 Å². The van der Waals surface area contributed by atoms with E-state index in [1.807, 2.05) is 13.0 Å². The molecular weight excluding hydrogens is 245 g/mol. The van der Waals surface area contributed by atoms with Crippen molar-refractivity contribution in [1.82, 2.24) is 4.98 Å². The van der Waals surface area contributed by atoms with Gasteiger partial charge < -0.3 is 9.84 Å². The number of aliphatic hydroxyl groups is 1. The zero-order chi connectivity index (χ0) is 13.7. The number of rotatable bonds is 5. The van der Waals surface area contributed by atoms with Crippen LogP contribution in [0.3, 0.4) is 0 Å². The van der Waals surface area contributed by atoms with E-state index in [1.165, 1.54) is 12.3 Å². The van der Waals surface area contributed by atoms with Crippen molar-refractivity contribution in [3.05, 3.63) is 59.7 Å². The van der Waals surface area contributed by atoms with E-state index in [4.69, 9.17) is 4.74 Å². The van der Waals surface area contributed by atoms with E-state index in [1.54, 1.807) is 18.2 Å². The largest absolute Gasteiger partial charge is 0.494 e. The molecule has 0 fully saturated rings. The van der Waals surface area contributed by atoms with Gasteiger partial charge in [-0.3, -0.25) is 4.98 Å². The minimum Gasteiger partial charge on any atom is -0.494 e. The van der Waals surface area contributed by atoms with Crippen molar-refractivity contribution in [3.63, 3.8) is 0 Å². The third-order valence-corrected chi connectivity index (χ3v) is 2.75. The molecule has 4 heteroatoms. The Hall–Kier alpha value is -1.94. The van der Waals surface area contributed by atoms with Crippen LogP contribution in [0.1, 0.15) is 30.6 Å². The molecule has 1 atom stereocenters. The first-order valence-electron chi connectivity index (χ1n) is 6.22. The number of halogens is 1. The topological polar surface area (TPSA) is 42.4 Å². The Kier molecular flexibility index (Phi) is 4.47. The Labute approximate surface area is 111 Å². The maximum atomic E-state index is 13.6. The van der Waals surface area contributed by atoms with Crippen molar-refractivity contribution in [1.29, 1.82) is 0 Å². The van der Waals surface area contributed by atoms with Gasteiger partial charge in [0.15, 0.2) is 0 Å². The van der Waals surface area contributed by atoms with Crippen LogP contribution in [0.2, 0.25) is 0 Å². The molecule has 3 nitrogen and oxygen atoms in total. The summed E-state index contributed by atoms with van der Waals surface area (Å²) in [5, 5.41) is 10.2. The Bertz CT molecular complexity index is 545. The molecule has 0 aliphatic rings. The minimum absolute atomic E-state index is 0.211. The van der Waals surface area contributed by atoms with Gasteiger partial charge in [0.25, 0.3) is 0 Å². The van der Waals surface area contributed by atoms with Gasteiger partial charge in [0.2, 0.25) is 0 Å². The summed E-state index contributed by atoms with van der Waals surface area (Å²) in [7, 11) is 0. The van der Waals surface area contributed by atoms with E-state index in [-0.39, 0.29) is 5.56 Å². The molecule has 0 saturated carbocycles. The standard InChI is InChI=1S/C15H16FNO2/c1-2-8-19-12-5-3-4-11(9-12)15(18)13-6-7-17-10-14(13)16/h3-7,9-10,15,18H,2,8H2,1H3. The number of hydrogen-bond acceptors (Lipinski definition) is 3. The molecule has 2 rings (SSSR count). The molecule has 19 heavy (non-hydrogen) atoms. The molecule has 1 N–H and O–H groups in total. The summed E-state index contributed by atoms with van der Waals surface area (Å²) >= 11 is 0. The predicted molar refractivity (Wildman–Crippen MR) is 70.5 cm³/mol. The lowest BCUT2D eigenvalue weighted by atomic mass is 10.0. The molecule has 1 heterocycles. The van der Waals surface area contributed by atoms with E-state index in [9.17, 15) is 9.50 Å². The van der Waals surface area contributed by atoms with Gasteiger partial charge in [-0.05, 0) is 30.2 Å². The summed E-state index contributed by atoms with van der Waals surface area (Å²) in [5.74, 6) is 0.155. The fourth-order valence-corrected chi connectivity index (χ4v) is 1.78. The number of aromatic nitrogens is 1. The fraction of sp³-hybridized carbons (Fsp3) is 0.267. The van der Waals surface area contributed by atoms with Gasteiger partial charge in [0.1, 0.15) is 17.7 Å². The SMILES string of the molecule is CCCOc1cccc(C(O)c2ccncc2F)c1. The lowest BCUT2D eigenvalue weighted by Crippen LogP contribution is -2.03. The van der Waals surface area contributed by atoms with Gasteiger partial charge in [-0.15, -0.1) is 0 Å². The third kappa shape index (κ3) is 3.29. The first kappa shape index (κ1) is 13.5. The number of pyridine rings is 1. The fourth-order valence-electron chi connectivity index (χ4n) is 1.78. The molecule has 1 aromatic heterocycles. The molecule has 1 unspecified atom stereocenters. The van der Waals surface area contributed by atoms with E-state index < -0.39 is 11.9 Å². The Morgan fingerprint density at radius 2 is 2.21 bits per heavy atom. The molecule has 0 bridgehead atoms. The molecular formula is C15H16FNO2. The van der Waals surface area contributed by atoms with Crippen LogP contribution in [-0.2, 0) is 0 Å². The predicted octanol–water partition coefficient (Wildman–Crippen LogP) is 3.09. The van der Waals surface area contributed by atoms with Crippen LogP contribution < -0.4 is 4.74 Å². The van der Waals surface area contributed by atoms with Crippen molar-refractivity contribution in [3.8, 4) is 5.75 Å². The molecule has 2 aromatic rings. The molecule has 0 radical (unpaired) electrons. The number of benzene rings is 1. The van der Waals surface area contributed by atoms with Crippen molar-refractivity contribution >= 4 is 0 Å². The quantitative estimate of drug-likeness (QED) is 0.899. The van der Waals surface area contributed by atoms with Gasteiger partial charge in [-0.1, -0.05) is 19.1 Å². The molecule has 1 aromatic carbocycles. The number of aliphatic hydroxyl groups excluding tert-OH is 1. The lowest BCUT2D eigenvalue weighted by Gasteiger charge is -2.13. The van der Waals surface area contributed by atoms with E-state index in [2.05, 4.69) is 4.98 Å². The molecule has 0 spiro atoms. The van der Waals surface area contributed by atoms with E-state index >= 15 is 0 Å². The molecule has 100 valence electrons. The zero-order valence-electron chi connectivity index (χ0n) is 10.7. The van der Waals surface area contributed by atoms with E-state index in [0.29, 0.717) is 17.9 Å². The summed E-state index contributed by atoms with van der Waals surface area (Å²) in [4.78, 5) is 3.67. The highest BCUT2D eigenvalue weighted by Crippen LogP contribution is 2.26. The van der Waals surface area contributed by atoms with Gasteiger partial charge in [0, 0.05) is 11.8 Å². The summed E-state index contributed by atoms with van der Waals surface area (Å²) in [5.41, 5.74) is 0.807. The number of hydrogen-bond donors (Lipinski definition) is 1. The second kappa shape index (κ2) is 6.29. The first-order chi connectivity index (χ1) is 9.22. The minimum atomic E-state index is -1.02. The highest BCUT2D eigenvalue weighted by Gasteiger charge is 2.15. The van der Waals surface area contributed by atoms with E-state index in [0.717, 1.165) is 12.6 Å². The van der Waals surface area contributed by atoms with Gasteiger partial charge >= 0.3 is 0 Å². The zero-order valence-corrected chi connectivity index (χ0v) is 10.7. The Balaban J connectivity index is 2.24. The first-order valence-corrected chi connectivity index (χ1v) is 6.22. The summed E-state index contributed by atoms with van der Waals surface area (Å²) in [6, 6.07) is 8.53.